The van der Waals surface area contributed by atoms with Crippen molar-refractivity contribution in [2.45, 2.75) is 39.2 Å². The Morgan fingerprint density at radius 2 is 2.07 bits per heavy atom. The molecule has 1 aromatic rings. The van der Waals surface area contributed by atoms with Crippen LogP contribution >= 0.6 is 0 Å². The molecule has 0 radical (unpaired) electrons. The molecule has 0 amide bonds. The van der Waals surface area contributed by atoms with Crippen molar-refractivity contribution in [3.05, 3.63) is 24.2 Å². The van der Waals surface area contributed by atoms with Crippen molar-refractivity contribution in [1.82, 2.24) is 5.32 Å². The second-order valence-electron chi connectivity index (χ2n) is 3.82. The quantitative estimate of drug-likeness (QED) is 0.753. The van der Waals surface area contributed by atoms with Crippen LogP contribution in [0, 0.1) is 5.92 Å². The Kier molecular flexibility index (Phi) is 4.74. The van der Waals surface area contributed by atoms with Gasteiger partial charge in [0.2, 0.25) is 0 Å². The van der Waals surface area contributed by atoms with Gasteiger partial charge >= 0.3 is 0 Å². The average Bonchev–Trinajstić information content (AvgIpc) is 2.73. The maximum Gasteiger partial charge on any atom is 0.0950 e. The molecule has 0 saturated heterocycles. The van der Waals surface area contributed by atoms with Gasteiger partial charge in [0.15, 0.2) is 0 Å². The van der Waals surface area contributed by atoms with E-state index in [1.807, 2.05) is 19.4 Å². The van der Waals surface area contributed by atoms with Crippen molar-refractivity contribution in [3.8, 4) is 0 Å². The zero-order valence-electron chi connectivity index (χ0n) is 9.42. The van der Waals surface area contributed by atoms with Crippen LogP contribution in [0.1, 0.15) is 44.7 Å². The third kappa shape index (κ3) is 2.88. The van der Waals surface area contributed by atoms with E-state index in [-0.39, 0.29) is 0 Å². The molecule has 80 valence electrons. The first-order valence-electron chi connectivity index (χ1n) is 5.51. The molecule has 0 spiro atoms. The van der Waals surface area contributed by atoms with E-state index < -0.39 is 0 Å². The lowest BCUT2D eigenvalue weighted by molar-refractivity contribution is 0.383. The van der Waals surface area contributed by atoms with Crippen molar-refractivity contribution >= 4 is 0 Å². The van der Waals surface area contributed by atoms with Gasteiger partial charge in [0.05, 0.1) is 12.5 Å². The molecule has 0 aromatic carbocycles. The minimum Gasteiger partial charge on any atom is -0.472 e. The Hall–Kier alpha value is -0.760. The number of hydrogen-bond acceptors (Lipinski definition) is 2. The summed E-state index contributed by atoms with van der Waals surface area (Å²) in [5.41, 5.74) is 1.26. The first-order chi connectivity index (χ1) is 6.81. The molecule has 1 heterocycles. The van der Waals surface area contributed by atoms with E-state index in [1.165, 1.54) is 24.8 Å². The summed E-state index contributed by atoms with van der Waals surface area (Å²) in [6, 6.07) is 2.49. The second-order valence-corrected chi connectivity index (χ2v) is 3.82. The second kappa shape index (κ2) is 5.86. The van der Waals surface area contributed by atoms with E-state index in [4.69, 9.17) is 4.42 Å². The molecular formula is C12H21NO. The third-order valence-electron chi connectivity index (χ3n) is 3.02. The van der Waals surface area contributed by atoms with Crippen LogP contribution in [0.5, 0.6) is 0 Å². The molecule has 2 nitrogen and oxygen atoms in total. The van der Waals surface area contributed by atoms with E-state index in [0.29, 0.717) is 6.04 Å². The van der Waals surface area contributed by atoms with Gasteiger partial charge in [-0.15, -0.1) is 0 Å². The number of furan rings is 1. The fourth-order valence-electron chi connectivity index (χ4n) is 1.85. The van der Waals surface area contributed by atoms with Crippen molar-refractivity contribution < 1.29 is 4.42 Å². The molecule has 0 bridgehead atoms. The molecule has 2 heteroatoms. The largest absolute Gasteiger partial charge is 0.472 e. The smallest absolute Gasteiger partial charge is 0.0950 e. The normalized spacial score (nSPS) is 13.4. The molecule has 1 atom stereocenters. The van der Waals surface area contributed by atoms with E-state index in [1.54, 1.807) is 6.26 Å². The molecule has 1 unspecified atom stereocenters. The molecule has 0 aliphatic heterocycles. The summed E-state index contributed by atoms with van der Waals surface area (Å²) in [7, 11) is 2.01. The van der Waals surface area contributed by atoms with E-state index >= 15 is 0 Å². The zero-order chi connectivity index (χ0) is 10.4. The van der Waals surface area contributed by atoms with E-state index in [2.05, 4.69) is 19.2 Å². The molecule has 1 N–H and O–H groups in total. The van der Waals surface area contributed by atoms with Crippen LogP contribution in [0.3, 0.4) is 0 Å². The van der Waals surface area contributed by atoms with Crippen molar-refractivity contribution in [2.75, 3.05) is 7.05 Å². The molecule has 0 aliphatic carbocycles. The van der Waals surface area contributed by atoms with Crippen LogP contribution in [0.4, 0.5) is 0 Å². The summed E-state index contributed by atoms with van der Waals surface area (Å²) in [4.78, 5) is 0. The lowest BCUT2D eigenvalue weighted by Crippen LogP contribution is -2.19. The first kappa shape index (κ1) is 11.3. The van der Waals surface area contributed by atoms with Gasteiger partial charge in [-0.2, -0.15) is 0 Å². The number of nitrogens with one attached hydrogen (secondary N) is 1. The number of hydrogen-bond donors (Lipinski definition) is 1. The van der Waals surface area contributed by atoms with Gasteiger partial charge in [-0.3, -0.25) is 0 Å². The van der Waals surface area contributed by atoms with Crippen LogP contribution in [0.2, 0.25) is 0 Å². The molecule has 14 heavy (non-hydrogen) atoms. The monoisotopic (exact) mass is 195 g/mol. The van der Waals surface area contributed by atoms with Gasteiger partial charge in [0.25, 0.3) is 0 Å². The van der Waals surface area contributed by atoms with Crippen molar-refractivity contribution in [1.29, 1.82) is 0 Å². The highest BCUT2D eigenvalue weighted by Crippen LogP contribution is 2.24. The Bertz CT molecular complexity index is 226. The van der Waals surface area contributed by atoms with Gasteiger partial charge in [-0.05, 0) is 25.5 Å². The van der Waals surface area contributed by atoms with Gasteiger partial charge in [0.1, 0.15) is 0 Å². The summed E-state index contributed by atoms with van der Waals surface area (Å²) >= 11 is 0. The highest BCUT2D eigenvalue weighted by Gasteiger charge is 2.14. The molecular weight excluding hydrogens is 174 g/mol. The lowest BCUT2D eigenvalue weighted by atomic mass is 9.92. The first-order valence-corrected chi connectivity index (χ1v) is 5.51. The Labute approximate surface area is 86.7 Å². The zero-order valence-corrected chi connectivity index (χ0v) is 9.42. The molecule has 1 rings (SSSR count). The topological polar surface area (TPSA) is 25.2 Å². The Morgan fingerprint density at radius 3 is 2.50 bits per heavy atom. The minimum absolute atomic E-state index is 0.443. The van der Waals surface area contributed by atoms with Crippen molar-refractivity contribution in [3.63, 3.8) is 0 Å². The summed E-state index contributed by atoms with van der Waals surface area (Å²) in [6.07, 6.45) is 7.29. The molecule has 0 fully saturated rings. The van der Waals surface area contributed by atoms with E-state index in [9.17, 15) is 0 Å². The summed E-state index contributed by atoms with van der Waals surface area (Å²) in [5.74, 6) is 0.808. The summed E-state index contributed by atoms with van der Waals surface area (Å²) in [6.45, 7) is 4.52. The average molecular weight is 195 g/mol. The fraction of sp³-hybridized carbons (Fsp3) is 0.667. The Morgan fingerprint density at radius 1 is 1.36 bits per heavy atom. The SMILES string of the molecule is CCC(CC)CC(NC)c1ccoc1. The van der Waals surface area contributed by atoms with Crippen LogP contribution in [-0.2, 0) is 0 Å². The minimum atomic E-state index is 0.443. The summed E-state index contributed by atoms with van der Waals surface area (Å²) in [5, 5.41) is 3.34. The molecule has 1 aromatic heterocycles. The maximum absolute atomic E-state index is 5.11. The third-order valence-corrected chi connectivity index (χ3v) is 3.02. The fourth-order valence-corrected chi connectivity index (χ4v) is 1.85. The highest BCUT2D eigenvalue weighted by atomic mass is 16.3. The number of rotatable bonds is 6. The maximum atomic E-state index is 5.11. The van der Waals surface area contributed by atoms with Crippen LogP contribution in [-0.4, -0.2) is 7.05 Å². The van der Waals surface area contributed by atoms with E-state index in [0.717, 1.165) is 5.92 Å². The van der Waals surface area contributed by atoms with Crippen LogP contribution in [0.25, 0.3) is 0 Å². The van der Waals surface area contributed by atoms with Gasteiger partial charge in [0, 0.05) is 11.6 Å². The predicted molar refractivity (Wildman–Crippen MR) is 59.2 cm³/mol. The highest BCUT2D eigenvalue weighted by molar-refractivity contribution is 5.11. The van der Waals surface area contributed by atoms with Gasteiger partial charge in [-0.1, -0.05) is 26.7 Å². The van der Waals surface area contributed by atoms with Gasteiger partial charge in [-0.25, -0.2) is 0 Å². The molecule has 0 aliphatic rings. The lowest BCUT2D eigenvalue weighted by Gasteiger charge is -2.20. The standard InChI is InChI=1S/C12H21NO/c1-4-10(5-2)8-12(13-3)11-6-7-14-9-11/h6-7,9-10,12-13H,4-5,8H2,1-3H3. The Balaban J connectivity index is 2.55. The predicted octanol–water partition coefficient (Wildman–Crippen LogP) is 3.37. The van der Waals surface area contributed by atoms with Crippen molar-refractivity contribution in [2.24, 2.45) is 5.92 Å². The summed E-state index contributed by atoms with van der Waals surface area (Å²) < 4.78 is 5.11. The van der Waals surface area contributed by atoms with Crippen LogP contribution < -0.4 is 5.32 Å². The van der Waals surface area contributed by atoms with Gasteiger partial charge < -0.3 is 9.73 Å². The molecule has 0 saturated carbocycles. The van der Waals surface area contributed by atoms with Crippen LogP contribution in [0.15, 0.2) is 23.0 Å².